The Hall–Kier alpha value is -1.72. The first kappa shape index (κ1) is 15.2. The lowest BCUT2D eigenvalue weighted by Crippen LogP contribution is -2.34. The lowest BCUT2D eigenvalue weighted by atomic mass is 9.99. The van der Waals surface area contributed by atoms with Crippen molar-refractivity contribution in [1.29, 1.82) is 0 Å². The van der Waals surface area contributed by atoms with Crippen LogP contribution in [0.4, 0.5) is 0 Å². The molecule has 3 rings (SSSR count). The maximum Gasteiger partial charge on any atom is 0.189 e. The number of hydrogen-bond donors (Lipinski definition) is 1. The zero-order valence-corrected chi connectivity index (χ0v) is 14.6. The van der Waals surface area contributed by atoms with Crippen LogP contribution < -0.4 is 5.32 Å². The van der Waals surface area contributed by atoms with Gasteiger partial charge in [-0.05, 0) is 35.5 Å². The van der Waals surface area contributed by atoms with Gasteiger partial charge in [-0.15, -0.1) is 0 Å². The Kier molecular flexibility index (Phi) is 4.55. The van der Waals surface area contributed by atoms with Crippen LogP contribution in [0.3, 0.4) is 0 Å². The van der Waals surface area contributed by atoms with Gasteiger partial charge in [0, 0.05) is 17.9 Å². The quantitative estimate of drug-likeness (QED) is 0.802. The van der Waals surface area contributed by atoms with Gasteiger partial charge in [0.2, 0.25) is 0 Å². The van der Waals surface area contributed by atoms with Crippen molar-refractivity contribution < 1.29 is 0 Å². The number of rotatable bonds is 2. The molecule has 1 unspecified atom stereocenters. The Morgan fingerprint density at radius 1 is 1.23 bits per heavy atom. The van der Waals surface area contributed by atoms with E-state index in [9.17, 15) is 0 Å². The van der Waals surface area contributed by atoms with Crippen LogP contribution in [0.1, 0.15) is 23.6 Å². The van der Waals surface area contributed by atoms with Crippen molar-refractivity contribution in [2.45, 2.75) is 12.5 Å². The molecule has 0 spiro atoms. The zero-order valence-electron chi connectivity index (χ0n) is 12.2. The molecule has 0 fully saturated rings. The van der Waals surface area contributed by atoms with Gasteiger partial charge < -0.3 is 5.32 Å². The highest BCUT2D eigenvalue weighted by Gasteiger charge is 2.30. The molecular formula is C17H16BrN3S. The first-order chi connectivity index (χ1) is 10.7. The average Bonchev–Trinajstić information content (AvgIpc) is 3.00. The topological polar surface area (TPSA) is 27.6 Å². The van der Waals surface area contributed by atoms with Crippen molar-refractivity contribution >= 4 is 39.0 Å². The molecule has 0 bridgehead atoms. The second kappa shape index (κ2) is 6.58. The summed E-state index contributed by atoms with van der Waals surface area (Å²) >= 11 is 8.94. The van der Waals surface area contributed by atoms with Crippen molar-refractivity contribution in [3.05, 3.63) is 70.2 Å². The van der Waals surface area contributed by atoms with E-state index in [0.29, 0.717) is 5.11 Å². The molecule has 1 N–H and O–H groups in total. The van der Waals surface area contributed by atoms with E-state index in [1.165, 1.54) is 5.56 Å². The number of nitrogens with one attached hydrogen (secondary N) is 1. The average molecular weight is 374 g/mol. The molecule has 0 amide bonds. The molecule has 3 nitrogen and oxygen atoms in total. The van der Waals surface area contributed by atoms with Gasteiger partial charge in [0.25, 0.3) is 0 Å². The van der Waals surface area contributed by atoms with Gasteiger partial charge in [-0.2, -0.15) is 5.10 Å². The standard InChI is InChI=1S/C17H16BrN3S/c1-19-17(22)21-16(12-6-3-2-4-7-12)11-15(20-21)13-8-5-9-14(18)10-13/h2-10,16H,11H2,1H3,(H,19,22). The second-order valence-electron chi connectivity index (χ2n) is 5.09. The first-order valence-electron chi connectivity index (χ1n) is 7.08. The molecular weight excluding hydrogens is 358 g/mol. The van der Waals surface area contributed by atoms with Gasteiger partial charge in [0.15, 0.2) is 5.11 Å². The molecule has 0 aromatic heterocycles. The van der Waals surface area contributed by atoms with E-state index in [1.54, 1.807) is 0 Å². The molecule has 0 saturated heterocycles. The molecule has 1 aliphatic heterocycles. The highest BCUT2D eigenvalue weighted by Crippen LogP contribution is 2.33. The Morgan fingerprint density at radius 3 is 2.68 bits per heavy atom. The lowest BCUT2D eigenvalue weighted by molar-refractivity contribution is 0.367. The fraction of sp³-hybridized carbons (Fsp3) is 0.176. The van der Waals surface area contributed by atoms with Crippen LogP contribution in [0.25, 0.3) is 0 Å². The Morgan fingerprint density at radius 2 is 2.00 bits per heavy atom. The van der Waals surface area contributed by atoms with Crippen LogP contribution in [0.15, 0.2) is 64.2 Å². The van der Waals surface area contributed by atoms with Gasteiger partial charge in [-0.3, -0.25) is 0 Å². The Balaban J connectivity index is 1.96. The van der Waals surface area contributed by atoms with Crippen LogP contribution in [0.5, 0.6) is 0 Å². The molecule has 1 aliphatic rings. The van der Waals surface area contributed by atoms with Crippen LogP contribution >= 0.6 is 28.1 Å². The summed E-state index contributed by atoms with van der Waals surface area (Å²) in [4.78, 5) is 0. The molecule has 0 radical (unpaired) electrons. The number of halogens is 1. The zero-order chi connectivity index (χ0) is 15.5. The SMILES string of the molecule is CNC(=S)N1N=C(c2cccc(Br)c2)CC1c1ccccc1. The van der Waals surface area contributed by atoms with Gasteiger partial charge in [0.1, 0.15) is 0 Å². The summed E-state index contributed by atoms with van der Waals surface area (Å²) < 4.78 is 1.05. The summed E-state index contributed by atoms with van der Waals surface area (Å²) in [5.41, 5.74) is 3.39. The summed E-state index contributed by atoms with van der Waals surface area (Å²) in [6.07, 6.45) is 0.836. The van der Waals surface area contributed by atoms with Crippen molar-refractivity contribution in [2.75, 3.05) is 7.05 Å². The maximum absolute atomic E-state index is 5.42. The molecule has 2 aromatic carbocycles. The summed E-state index contributed by atoms with van der Waals surface area (Å²) in [6, 6.07) is 18.7. The van der Waals surface area contributed by atoms with Gasteiger partial charge in [-0.1, -0.05) is 58.4 Å². The number of hydrazone groups is 1. The molecule has 2 aromatic rings. The summed E-state index contributed by atoms with van der Waals surface area (Å²) in [6.45, 7) is 0. The van der Waals surface area contributed by atoms with E-state index in [1.807, 2.05) is 42.4 Å². The Bertz CT molecular complexity index is 715. The van der Waals surface area contributed by atoms with Crippen molar-refractivity contribution in [1.82, 2.24) is 10.3 Å². The van der Waals surface area contributed by atoms with E-state index in [2.05, 4.69) is 45.5 Å². The predicted molar refractivity (Wildman–Crippen MR) is 98.0 cm³/mol. The number of thiocarbonyl (C=S) groups is 1. The molecule has 22 heavy (non-hydrogen) atoms. The Labute approximate surface area is 144 Å². The number of benzene rings is 2. The van der Waals surface area contributed by atoms with Gasteiger partial charge >= 0.3 is 0 Å². The molecule has 112 valence electrons. The molecule has 0 aliphatic carbocycles. The first-order valence-corrected chi connectivity index (χ1v) is 8.28. The van der Waals surface area contributed by atoms with E-state index in [-0.39, 0.29) is 6.04 Å². The van der Waals surface area contributed by atoms with Crippen LogP contribution in [-0.4, -0.2) is 22.9 Å². The second-order valence-corrected chi connectivity index (χ2v) is 6.39. The van der Waals surface area contributed by atoms with Gasteiger partial charge in [0.05, 0.1) is 11.8 Å². The van der Waals surface area contributed by atoms with Crippen LogP contribution in [0, 0.1) is 0 Å². The normalized spacial score (nSPS) is 17.3. The minimum Gasteiger partial charge on any atom is -0.364 e. The highest BCUT2D eigenvalue weighted by molar-refractivity contribution is 9.10. The minimum absolute atomic E-state index is 0.134. The van der Waals surface area contributed by atoms with Gasteiger partial charge in [-0.25, -0.2) is 5.01 Å². The third-order valence-corrected chi connectivity index (χ3v) is 4.56. The highest BCUT2D eigenvalue weighted by atomic mass is 79.9. The van der Waals surface area contributed by atoms with Crippen molar-refractivity contribution in [2.24, 2.45) is 5.10 Å². The van der Waals surface area contributed by atoms with E-state index < -0.39 is 0 Å². The maximum atomic E-state index is 5.42. The fourth-order valence-corrected chi connectivity index (χ4v) is 3.16. The van der Waals surface area contributed by atoms with Crippen molar-refractivity contribution in [3.63, 3.8) is 0 Å². The largest absolute Gasteiger partial charge is 0.364 e. The smallest absolute Gasteiger partial charge is 0.189 e. The molecule has 1 heterocycles. The van der Waals surface area contributed by atoms with Crippen molar-refractivity contribution in [3.8, 4) is 0 Å². The molecule has 5 heteroatoms. The van der Waals surface area contributed by atoms with E-state index >= 15 is 0 Å². The lowest BCUT2D eigenvalue weighted by Gasteiger charge is -2.23. The fourth-order valence-electron chi connectivity index (χ4n) is 2.59. The molecule has 1 atom stereocenters. The third kappa shape index (κ3) is 3.05. The minimum atomic E-state index is 0.134. The monoisotopic (exact) mass is 373 g/mol. The summed E-state index contributed by atoms with van der Waals surface area (Å²) in [7, 11) is 1.83. The van der Waals surface area contributed by atoms with Crippen LogP contribution in [-0.2, 0) is 0 Å². The van der Waals surface area contributed by atoms with E-state index in [0.717, 1.165) is 22.2 Å². The summed E-state index contributed by atoms with van der Waals surface area (Å²) in [5.74, 6) is 0. The van der Waals surface area contributed by atoms with Crippen LogP contribution in [0.2, 0.25) is 0 Å². The summed E-state index contributed by atoms with van der Waals surface area (Å²) in [5, 5.41) is 10.3. The third-order valence-electron chi connectivity index (χ3n) is 3.67. The predicted octanol–water partition coefficient (Wildman–Crippen LogP) is 4.10. The number of hydrogen-bond acceptors (Lipinski definition) is 2. The number of nitrogens with zero attached hydrogens (tertiary/aromatic N) is 2. The molecule has 0 saturated carbocycles. The van der Waals surface area contributed by atoms with E-state index in [4.69, 9.17) is 17.3 Å².